The first-order valence-corrected chi connectivity index (χ1v) is 8.16. The van der Waals surface area contributed by atoms with E-state index in [0.717, 1.165) is 30.2 Å². The summed E-state index contributed by atoms with van der Waals surface area (Å²) >= 11 is 3.51. The second-order valence-electron chi connectivity index (χ2n) is 4.70. The van der Waals surface area contributed by atoms with Crippen LogP contribution in [0.1, 0.15) is 21.8 Å². The summed E-state index contributed by atoms with van der Waals surface area (Å²) in [6.45, 7) is 6.10. The molecule has 0 aromatic carbocycles. The first-order valence-electron chi connectivity index (χ1n) is 6.40. The molecule has 0 aliphatic carbocycles. The molecule has 19 heavy (non-hydrogen) atoms. The lowest BCUT2D eigenvalue weighted by Gasteiger charge is -2.04. The quantitative estimate of drug-likeness (QED) is 0.730. The molecule has 0 unspecified atom stereocenters. The molecule has 3 aromatic heterocycles. The van der Waals surface area contributed by atoms with Crippen LogP contribution in [0.15, 0.2) is 23.0 Å². The number of nitrogens with zero attached hydrogens (tertiary/aromatic N) is 2. The van der Waals surface area contributed by atoms with Crippen LogP contribution in [-0.4, -0.2) is 15.9 Å². The Hall–Kier alpha value is -1.17. The van der Waals surface area contributed by atoms with E-state index in [2.05, 4.69) is 51.6 Å². The second kappa shape index (κ2) is 5.45. The van der Waals surface area contributed by atoms with E-state index in [1.54, 1.807) is 22.7 Å². The van der Waals surface area contributed by atoms with Crippen molar-refractivity contribution in [2.24, 2.45) is 0 Å². The van der Waals surface area contributed by atoms with Crippen molar-refractivity contribution in [2.45, 2.75) is 26.8 Å². The smallest absolute Gasteiger partial charge is 0.194 e. The summed E-state index contributed by atoms with van der Waals surface area (Å²) in [5.74, 6) is 0. The molecule has 100 valence electrons. The number of aromatic nitrogens is 2. The lowest BCUT2D eigenvalue weighted by Crippen LogP contribution is -2.18. The van der Waals surface area contributed by atoms with Crippen LogP contribution in [0.5, 0.6) is 0 Å². The largest absolute Gasteiger partial charge is 0.311 e. The zero-order chi connectivity index (χ0) is 13.2. The molecular formula is C14H17N3S2. The lowest BCUT2D eigenvalue weighted by atomic mass is 10.2. The van der Waals surface area contributed by atoms with E-state index in [9.17, 15) is 0 Å². The van der Waals surface area contributed by atoms with Crippen LogP contribution >= 0.6 is 22.7 Å². The molecule has 0 saturated heterocycles. The summed E-state index contributed by atoms with van der Waals surface area (Å²) in [5, 5.41) is 7.86. The normalized spacial score (nSPS) is 11.5. The highest BCUT2D eigenvalue weighted by Crippen LogP contribution is 2.20. The fourth-order valence-corrected chi connectivity index (χ4v) is 3.79. The van der Waals surface area contributed by atoms with Crippen LogP contribution in [0, 0.1) is 13.8 Å². The maximum absolute atomic E-state index is 4.61. The molecule has 0 aliphatic heterocycles. The Morgan fingerprint density at radius 2 is 2.26 bits per heavy atom. The van der Waals surface area contributed by atoms with Crippen LogP contribution < -0.4 is 5.32 Å². The van der Waals surface area contributed by atoms with E-state index in [1.165, 1.54) is 16.1 Å². The Balaban J connectivity index is 1.63. The van der Waals surface area contributed by atoms with Crippen LogP contribution in [-0.2, 0) is 13.0 Å². The number of rotatable bonds is 5. The van der Waals surface area contributed by atoms with Crippen molar-refractivity contribution >= 4 is 27.6 Å². The second-order valence-corrected chi connectivity index (χ2v) is 6.69. The van der Waals surface area contributed by atoms with E-state index < -0.39 is 0 Å². The molecule has 0 amide bonds. The van der Waals surface area contributed by atoms with E-state index in [-0.39, 0.29) is 0 Å². The molecule has 3 nitrogen and oxygen atoms in total. The molecule has 0 fully saturated rings. The highest BCUT2D eigenvalue weighted by atomic mass is 32.1. The molecule has 0 aliphatic rings. The fourth-order valence-electron chi connectivity index (χ4n) is 2.20. The summed E-state index contributed by atoms with van der Waals surface area (Å²) in [7, 11) is 0. The average molecular weight is 291 g/mol. The highest BCUT2D eigenvalue weighted by Gasteiger charge is 2.10. The van der Waals surface area contributed by atoms with Gasteiger partial charge in [0.1, 0.15) is 0 Å². The van der Waals surface area contributed by atoms with Crippen LogP contribution in [0.3, 0.4) is 0 Å². The molecule has 0 bridgehead atoms. The predicted octanol–water partition coefficient (Wildman–Crippen LogP) is 3.41. The number of hydrogen-bond donors (Lipinski definition) is 1. The first-order chi connectivity index (χ1) is 9.24. The Labute approximate surface area is 120 Å². The van der Waals surface area contributed by atoms with E-state index in [0.29, 0.717) is 0 Å². The van der Waals surface area contributed by atoms with Crippen molar-refractivity contribution in [2.75, 3.05) is 6.54 Å². The molecule has 0 saturated carbocycles. The number of thiophene rings is 1. The third-order valence-corrected chi connectivity index (χ3v) is 4.83. The van der Waals surface area contributed by atoms with Crippen molar-refractivity contribution in [3.8, 4) is 0 Å². The van der Waals surface area contributed by atoms with Crippen LogP contribution in [0.25, 0.3) is 4.96 Å². The van der Waals surface area contributed by atoms with Crippen LogP contribution in [0.2, 0.25) is 0 Å². The third kappa shape index (κ3) is 2.73. The molecule has 3 rings (SSSR count). The SMILES string of the molecule is Cc1cn2c(CNCCc3ccsc3)c(C)nc2s1. The summed E-state index contributed by atoms with van der Waals surface area (Å²) in [6.07, 6.45) is 3.27. The van der Waals surface area contributed by atoms with E-state index in [4.69, 9.17) is 0 Å². The molecular weight excluding hydrogens is 274 g/mol. The van der Waals surface area contributed by atoms with Gasteiger partial charge in [-0.25, -0.2) is 4.98 Å². The minimum atomic E-state index is 0.882. The molecule has 3 heterocycles. The minimum Gasteiger partial charge on any atom is -0.311 e. The Kier molecular flexibility index (Phi) is 3.68. The average Bonchev–Trinajstić information content (AvgIpc) is 3.03. The van der Waals surface area contributed by atoms with Crippen molar-refractivity contribution < 1.29 is 0 Å². The van der Waals surface area contributed by atoms with Crippen molar-refractivity contribution in [3.63, 3.8) is 0 Å². The van der Waals surface area contributed by atoms with Gasteiger partial charge in [0.05, 0.1) is 11.4 Å². The summed E-state index contributed by atoms with van der Waals surface area (Å²) in [4.78, 5) is 7.01. The van der Waals surface area contributed by atoms with Gasteiger partial charge in [0, 0.05) is 17.6 Å². The van der Waals surface area contributed by atoms with Crippen molar-refractivity contribution in [1.29, 1.82) is 0 Å². The monoisotopic (exact) mass is 291 g/mol. The van der Waals surface area contributed by atoms with E-state index >= 15 is 0 Å². The maximum Gasteiger partial charge on any atom is 0.194 e. The number of aryl methyl sites for hydroxylation is 2. The molecule has 0 atom stereocenters. The summed E-state index contributed by atoms with van der Waals surface area (Å²) in [5.41, 5.74) is 3.83. The van der Waals surface area contributed by atoms with Crippen molar-refractivity contribution in [3.05, 3.63) is 44.9 Å². The fraction of sp³-hybridized carbons (Fsp3) is 0.357. The zero-order valence-electron chi connectivity index (χ0n) is 11.1. The lowest BCUT2D eigenvalue weighted by molar-refractivity contribution is 0.669. The minimum absolute atomic E-state index is 0.882. The van der Waals surface area contributed by atoms with Gasteiger partial charge in [-0.2, -0.15) is 11.3 Å². The standard InChI is InChI=1S/C14H17N3S2/c1-10-8-17-13(11(2)16-14(17)19-10)7-15-5-3-12-4-6-18-9-12/h4,6,8-9,15H,3,5,7H2,1-2H3. The van der Waals surface area contributed by atoms with Gasteiger partial charge in [-0.15, -0.1) is 11.3 Å². The molecule has 1 N–H and O–H groups in total. The number of thiazole rings is 1. The van der Waals surface area contributed by atoms with Gasteiger partial charge in [0.2, 0.25) is 0 Å². The Bertz CT molecular complexity index is 664. The van der Waals surface area contributed by atoms with Gasteiger partial charge < -0.3 is 5.32 Å². The number of imidazole rings is 1. The van der Waals surface area contributed by atoms with Crippen molar-refractivity contribution in [1.82, 2.24) is 14.7 Å². The Morgan fingerprint density at radius 3 is 3.05 bits per heavy atom. The van der Waals surface area contributed by atoms with Gasteiger partial charge >= 0.3 is 0 Å². The first kappa shape index (κ1) is 12.8. The maximum atomic E-state index is 4.61. The highest BCUT2D eigenvalue weighted by molar-refractivity contribution is 7.17. The van der Waals surface area contributed by atoms with Gasteiger partial charge in [-0.3, -0.25) is 4.40 Å². The number of nitrogens with one attached hydrogen (secondary N) is 1. The Morgan fingerprint density at radius 1 is 1.37 bits per heavy atom. The van der Waals surface area contributed by atoms with Gasteiger partial charge in [-0.1, -0.05) is 0 Å². The number of fused-ring (bicyclic) bond motifs is 1. The van der Waals surface area contributed by atoms with Gasteiger partial charge in [0.25, 0.3) is 0 Å². The summed E-state index contributed by atoms with van der Waals surface area (Å²) in [6, 6.07) is 2.19. The predicted molar refractivity (Wildman–Crippen MR) is 82.3 cm³/mol. The molecule has 0 radical (unpaired) electrons. The molecule has 3 aromatic rings. The van der Waals surface area contributed by atoms with Gasteiger partial charge in [-0.05, 0) is 49.2 Å². The summed E-state index contributed by atoms with van der Waals surface area (Å²) < 4.78 is 2.22. The number of hydrogen-bond acceptors (Lipinski definition) is 4. The third-order valence-electron chi connectivity index (χ3n) is 3.20. The molecule has 5 heteroatoms. The van der Waals surface area contributed by atoms with Gasteiger partial charge in [0.15, 0.2) is 4.96 Å². The van der Waals surface area contributed by atoms with E-state index in [1.807, 2.05) is 0 Å². The topological polar surface area (TPSA) is 29.3 Å². The zero-order valence-corrected chi connectivity index (χ0v) is 12.8. The van der Waals surface area contributed by atoms with Crippen LogP contribution in [0.4, 0.5) is 0 Å². The molecule has 0 spiro atoms.